The number of hydrogen-bond acceptors (Lipinski definition) is 1. The SMILES string of the molecule is CC(C)[C@H](C)/C=C/C(=O)O. The van der Waals surface area contributed by atoms with Gasteiger partial charge in [0.15, 0.2) is 0 Å². The molecule has 0 saturated heterocycles. The maximum Gasteiger partial charge on any atom is 0.327 e. The fourth-order valence-electron chi connectivity index (χ4n) is 0.456. The quantitative estimate of drug-likeness (QED) is 0.611. The lowest BCUT2D eigenvalue weighted by molar-refractivity contribution is -0.131. The lowest BCUT2D eigenvalue weighted by Crippen LogP contribution is -2.00. The highest BCUT2D eigenvalue weighted by atomic mass is 16.4. The molecule has 0 rings (SSSR count). The Morgan fingerprint density at radius 3 is 2.20 bits per heavy atom. The molecule has 0 aromatic carbocycles. The van der Waals surface area contributed by atoms with Gasteiger partial charge in [0, 0.05) is 6.08 Å². The molecule has 0 aromatic heterocycles. The zero-order valence-electron chi connectivity index (χ0n) is 6.66. The van der Waals surface area contributed by atoms with Crippen molar-refractivity contribution in [3.63, 3.8) is 0 Å². The standard InChI is InChI=1S/C8H14O2/c1-6(2)7(3)4-5-8(9)10/h4-7H,1-3H3,(H,9,10)/b5-4+/t7-/m1/s1. The first kappa shape index (κ1) is 9.21. The van der Waals surface area contributed by atoms with E-state index in [9.17, 15) is 4.79 Å². The van der Waals surface area contributed by atoms with Crippen LogP contribution in [0.4, 0.5) is 0 Å². The summed E-state index contributed by atoms with van der Waals surface area (Å²) in [6.45, 7) is 6.14. The maximum atomic E-state index is 10.0. The van der Waals surface area contributed by atoms with Gasteiger partial charge in [-0.05, 0) is 11.8 Å². The largest absolute Gasteiger partial charge is 0.478 e. The summed E-state index contributed by atoms with van der Waals surface area (Å²) >= 11 is 0. The maximum absolute atomic E-state index is 10.0. The van der Waals surface area contributed by atoms with Gasteiger partial charge in [0.05, 0.1) is 0 Å². The van der Waals surface area contributed by atoms with Crippen molar-refractivity contribution in [1.29, 1.82) is 0 Å². The Hall–Kier alpha value is -0.790. The lowest BCUT2D eigenvalue weighted by Gasteiger charge is -2.08. The van der Waals surface area contributed by atoms with Crippen LogP contribution in [-0.4, -0.2) is 11.1 Å². The first-order valence-corrected chi connectivity index (χ1v) is 3.45. The van der Waals surface area contributed by atoms with Gasteiger partial charge >= 0.3 is 5.97 Å². The third-order valence-corrected chi connectivity index (χ3v) is 1.59. The molecule has 0 aliphatic heterocycles. The first-order valence-electron chi connectivity index (χ1n) is 3.45. The Morgan fingerprint density at radius 1 is 1.40 bits per heavy atom. The van der Waals surface area contributed by atoms with Gasteiger partial charge in [-0.25, -0.2) is 4.79 Å². The Bertz CT molecular complexity index is 136. The van der Waals surface area contributed by atoms with Crippen molar-refractivity contribution >= 4 is 5.97 Å². The Labute approximate surface area is 61.6 Å². The van der Waals surface area contributed by atoms with Crippen LogP contribution in [0.5, 0.6) is 0 Å². The molecule has 2 heteroatoms. The van der Waals surface area contributed by atoms with E-state index in [4.69, 9.17) is 5.11 Å². The highest BCUT2D eigenvalue weighted by Crippen LogP contribution is 2.10. The highest BCUT2D eigenvalue weighted by molar-refractivity contribution is 5.79. The zero-order valence-corrected chi connectivity index (χ0v) is 6.66. The molecule has 10 heavy (non-hydrogen) atoms. The van der Waals surface area contributed by atoms with Gasteiger partial charge in [-0.15, -0.1) is 0 Å². The molecule has 2 nitrogen and oxygen atoms in total. The molecule has 0 aromatic rings. The molecule has 0 fully saturated rings. The minimum absolute atomic E-state index is 0.344. The molecule has 58 valence electrons. The van der Waals surface area contributed by atoms with E-state index in [1.807, 2.05) is 6.92 Å². The van der Waals surface area contributed by atoms with E-state index in [0.717, 1.165) is 0 Å². The van der Waals surface area contributed by atoms with Crippen molar-refractivity contribution in [2.45, 2.75) is 20.8 Å². The molecule has 0 unspecified atom stereocenters. The number of carboxylic acids is 1. The highest BCUT2D eigenvalue weighted by Gasteiger charge is 2.01. The molecule has 0 amide bonds. The summed E-state index contributed by atoms with van der Waals surface area (Å²) in [5.41, 5.74) is 0. The topological polar surface area (TPSA) is 37.3 Å². The molecule has 0 aliphatic rings. The summed E-state index contributed by atoms with van der Waals surface area (Å²) in [6, 6.07) is 0. The summed E-state index contributed by atoms with van der Waals surface area (Å²) in [6.07, 6.45) is 2.91. The zero-order chi connectivity index (χ0) is 8.15. The van der Waals surface area contributed by atoms with Crippen LogP contribution in [0.25, 0.3) is 0 Å². The number of hydrogen-bond donors (Lipinski definition) is 1. The van der Waals surface area contributed by atoms with Crippen LogP contribution in [0, 0.1) is 11.8 Å². The Kier molecular flexibility index (Phi) is 3.77. The van der Waals surface area contributed by atoms with E-state index in [1.165, 1.54) is 6.08 Å². The van der Waals surface area contributed by atoms with E-state index in [0.29, 0.717) is 11.8 Å². The molecular formula is C8H14O2. The average Bonchev–Trinajstić information content (AvgIpc) is 1.82. The fourth-order valence-corrected chi connectivity index (χ4v) is 0.456. The molecular weight excluding hydrogens is 128 g/mol. The van der Waals surface area contributed by atoms with Crippen LogP contribution in [0.1, 0.15) is 20.8 Å². The van der Waals surface area contributed by atoms with E-state index < -0.39 is 5.97 Å². The molecule has 0 aliphatic carbocycles. The van der Waals surface area contributed by atoms with Crippen molar-refractivity contribution in [2.24, 2.45) is 11.8 Å². The Morgan fingerprint density at radius 2 is 1.90 bits per heavy atom. The van der Waals surface area contributed by atoms with Crippen LogP contribution >= 0.6 is 0 Å². The van der Waals surface area contributed by atoms with Gasteiger partial charge in [-0.1, -0.05) is 26.8 Å². The second-order valence-corrected chi connectivity index (χ2v) is 2.80. The second-order valence-electron chi connectivity index (χ2n) is 2.80. The summed E-state index contributed by atoms with van der Waals surface area (Å²) in [5, 5.41) is 8.26. The predicted molar refractivity (Wildman–Crippen MR) is 40.8 cm³/mol. The first-order chi connectivity index (χ1) is 4.54. The smallest absolute Gasteiger partial charge is 0.327 e. The van der Waals surface area contributed by atoms with Gasteiger partial charge < -0.3 is 5.11 Å². The molecule has 0 spiro atoms. The Balaban J connectivity index is 3.77. The van der Waals surface area contributed by atoms with Crippen molar-refractivity contribution in [3.8, 4) is 0 Å². The molecule has 1 atom stereocenters. The third kappa shape index (κ3) is 4.13. The van der Waals surface area contributed by atoms with Gasteiger partial charge in [-0.3, -0.25) is 0 Å². The lowest BCUT2D eigenvalue weighted by atomic mass is 9.98. The summed E-state index contributed by atoms with van der Waals surface area (Å²) in [5.74, 6) is -0.0146. The number of carboxylic acid groups (broad SMARTS) is 1. The average molecular weight is 142 g/mol. The predicted octanol–water partition coefficient (Wildman–Crippen LogP) is 1.92. The fraction of sp³-hybridized carbons (Fsp3) is 0.625. The monoisotopic (exact) mass is 142 g/mol. The van der Waals surface area contributed by atoms with Crippen LogP contribution in [0.2, 0.25) is 0 Å². The van der Waals surface area contributed by atoms with Crippen LogP contribution in [0.3, 0.4) is 0 Å². The van der Waals surface area contributed by atoms with Crippen molar-refractivity contribution in [3.05, 3.63) is 12.2 Å². The number of rotatable bonds is 3. The van der Waals surface area contributed by atoms with Gasteiger partial charge in [-0.2, -0.15) is 0 Å². The summed E-state index contributed by atoms with van der Waals surface area (Å²) in [7, 11) is 0. The van der Waals surface area contributed by atoms with Crippen LogP contribution in [0.15, 0.2) is 12.2 Å². The van der Waals surface area contributed by atoms with Gasteiger partial charge in [0.2, 0.25) is 0 Å². The molecule has 0 saturated carbocycles. The molecule has 1 N–H and O–H groups in total. The minimum atomic E-state index is -0.868. The normalized spacial score (nSPS) is 14.4. The number of allylic oxidation sites excluding steroid dienone is 1. The van der Waals surface area contributed by atoms with E-state index >= 15 is 0 Å². The summed E-state index contributed by atoms with van der Waals surface area (Å²) in [4.78, 5) is 10.0. The van der Waals surface area contributed by atoms with Crippen LogP contribution in [-0.2, 0) is 4.79 Å². The molecule has 0 heterocycles. The van der Waals surface area contributed by atoms with E-state index in [-0.39, 0.29) is 0 Å². The molecule has 0 bridgehead atoms. The van der Waals surface area contributed by atoms with Crippen molar-refractivity contribution < 1.29 is 9.90 Å². The number of aliphatic carboxylic acids is 1. The van der Waals surface area contributed by atoms with Crippen molar-refractivity contribution in [1.82, 2.24) is 0 Å². The van der Waals surface area contributed by atoms with Gasteiger partial charge in [0.25, 0.3) is 0 Å². The minimum Gasteiger partial charge on any atom is -0.478 e. The van der Waals surface area contributed by atoms with Gasteiger partial charge in [0.1, 0.15) is 0 Å². The summed E-state index contributed by atoms with van der Waals surface area (Å²) < 4.78 is 0. The third-order valence-electron chi connectivity index (χ3n) is 1.59. The van der Waals surface area contributed by atoms with E-state index in [1.54, 1.807) is 6.08 Å². The van der Waals surface area contributed by atoms with Crippen molar-refractivity contribution in [2.75, 3.05) is 0 Å². The number of carbonyl (C=O) groups is 1. The van der Waals surface area contributed by atoms with E-state index in [2.05, 4.69) is 13.8 Å². The van der Waals surface area contributed by atoms with Crippen LogP contribution < -0.4 is 0 Å². The second kappa shape index (κ2) is 4.09. The molecule has 0 radical (unpaired) electrons.